The summed E-state index contributed by atoms with van der Waals surface area (Å²) >= 11 is 0. The van der Waals surface area contributed by atoms with Gasteiger partial charge < -0.3 is 15.0 Å². The zero-order valence-corrected chi connectivity index (χ0v) is 9.95. The number of nitrogens with zero attached hydrogens (tertiary/aromatic N) is 1. The standard InChI is InChI=1S/C11H22N2O2/c1-4-6-12-11(14)13-7-9(3)15-8-10(13)5-2/h9-10H,4-8H2,1-3H3,(H,12,14). The second-order valence-electron chi connectivity index (χ2n) is 4.09. The zero-order chi connectivity index (χ0) is 11.3. The molecule has 0 aromatic heterocycles. The van der Waals surface area contributed by atoms with E-state index < -0.39 is 0 Å². The van der Waals surface area contributed by atoms with E-state index in [4.69, 9.17) is 4.74 Å². The monoisotopic (exact) mass is 214 g/mol. The van der Waals surface area contributed by atoms with E-state index >= 15 is 0 Å². The Hall–Kier alpha value is -0.770. The van der Waals surface area contributed by atoms with Gasteiger partial charge in [0.1, 0.15) is 0 Å². The summed E-state index contributed by atoms with van der Waals surface area (Å²) in [5, 5.41) is 2.92. The molecule has 0 aromatic carbocycles. The number of carbonyl (C=O) groups is 1. The normalized spacial score (nSPS) is 26.5. The van der Waals surface area contributed by atoms with Gasteiger partial charge in [0.25, 0.3) is 0 Å². The summed E-state index contributed by atoms with van der Waals surface area (Å²) in [5.41, 5.74) is 0. The Labute approximate surface area is 92.0 Å². The van der Waals surface area contributed by atoms with Crippen LogP contribution < -0.4 is 5.32 Å². The maximum absolute atomic E-state index is 11.8. The molecule has 1 fully saturated rings. The molecular weight excluding hydrogens is 192 g/mol. The highest BCUT2D eigenvalue weighted by Crippen LogP contribution is 2.14. The predicted octanol–water partition coefficient (Wildman–Crippen LogP) is 1.61. The van der Waals surface area contributed by atoms with Gasteiger partial charge in [-0.3, -0.25) is 0 Å². The lowest BCUT2D eigenvalue weighted by molar-refractivity contribution is -0.0378. The van der Waals surface area contributed by atoms with Crippen LogP contribution in [0.5, 0.6) is 0 Å². The molecule has 1 saturated heterocycles. The van der Waals surface area contributed by atoms with Gasteiger partial charge in [-0.25, -0.2) is 4.79 Å². The molecule has 0 radical (unpaired) electrons. The number of hydrogen-bond acceptors (Lipinski definition) is 2. The number of nitrogens with one attached hydrogen (secondary N) is 1. The van der Waals surface area contributed by atoms with Crippen LogP contribution in [0, 0.1) is 0 Å². The van der Waals surface area contributed by atoms with Gasteiger partial charge >= 0.3 is 6.03 Å². The fraction of sp³-hybridized carbons (Fsp3) is 0.909. The van der Waals surface area contributed by atoms with Gasteiger partial charge in [-0.05, 0) is 19.8 Å². The summed E-state index contributed by atoms with van der Waals surface area (Å²) in [4.78, 5) is 13.7. The molecular formula is C11H22N2O2. The van der Waals surface area contributed by atoms with Crippen LogP contribution in [0.2, 0.25) is 0 Å². The third kappa shape index (κ3) is 3.38. The number of morpholine rings is 1. The van der Waals surface area contributed by atoms with Crippen molar-refractivity contribution in [2.75, 3.05) is 19.7 Å². The summed E-state index contributed by atoms with van der Waals surface area (Å²) in [6.07, 6.45) is 2.08. The molecule has 2 unspecified atom stereocenters. The van der Waals surface area contributed by atoms with Crippen molar-refractivity contribution in [3.63, 3.8) is 0 Å². The molecule has 4 heteroatoms. The quantitative estimate of drug-likeness (QED) is 0.775. The van der Waals surface area contributed by atoms with E-state index in [-0.39, 0.29) is 18.2 Å². The summed E-state index contributed by atoms with van der Waals surface area (Å²) in [5.74, 6) is 0. The molecule has 15 heavy (non-hydrogen) atoms. The Bertz CT molecular complexity index is 209. The first-order valence-corrected chi connectivity index (χ1v) is 5.85. The molecule has 0 spiro atoms. The van der Waals surface area contributed by atoms with Crippen molar-refractivity contribution in [3.05, 3.63) is 0 Å². The fourth-order valence-corrected chi connectivity index (χ4v) is 1.76. The van der Waals surface area contributed by atoms with Crippen molar-refractivity contribution in [3.8, 4) is 0 Å². The molecule has 2 amide bonds. The molecule has 4 nitrogen and oxygen atoms in total. The predicted molar refractivity (Wildman–Crippen MR) is 59.9 cm³/mol. The number of rotatable bonds is 3. The molecule has 1 rings (SSSR count). The van der Waals surface area contributed by atoms with Crippen molar-refractivity contribution in [2.45, 2.75) is 45.8 Å². The molecule has 1 aliphatic heterocycles. The lowest BCUT2D eigenvalue weighted by Crippen LogP contribution is -2.54. The van der Waals surface area contributed by atoms with Gasteiger partial charge in [0.2, 0.25) is 0 Å². The van der Waals surface area contributed by atoms with Gasteiger partial charge in [0.15, 0.2) is 0 Å². The summed E-state index contributed by atoms with van der Waals surface area (Å²) in [7, 11) is 0. The Morgan fingerprint density at radius 1 is 1.53 bits per heavy atom. The molecule has 1 aliphatic rings. The van der Waals surface area contributed by atoms with Crippen molar-refractivity contribution < 1.29 is 9.53 Å². The van der Waals surface area contributed by atoms with Crippen LogP contribution >= 0.6 is 0 Å². The van der Waals surface area contributed by atoms with E-state index in [2.05, 4.69) is 19.2 Å². The fourth-order valence-electron chi connectivity index (χ4n) is 1.76. The second-order valence-corrected chi connectivity index (χ2v) is 4.09. The average Bonchev–Trinajstić information content (AvgIpc) is 2.25. The number of urea groups is 1. The lowest BCUT2D eigenvalue weighted by Gasteiger charge is -2.38. The Morgan fingerprint density at radius 3 is 2.87 bits per heavy atom. The highest BCUT2D eigenvalue weighted by Gasteiger charge is 2.28. The zero-order valence-electron chi connectivity index (χ0n) is 9.95. The van der Waals surface area contributed by atoms with Gasteiger partial charge in [-0.1, -0.05) is 13.8 Å². The first kappa shape index (κ1) is 12.3. The van der Waals surface area contributed by atoms with Gasteiger partial charge in [-0.15, -0.1) is 0 Å². The molecule has 0 bridgehead atoms. The second kappa shape index (κ2) is 5.95. The molecule has 0 aromatic rings. The summed E-state index contributed by atoms with van der Waals surface area (Å²) in [6, 6.07) is 0.289. The summed E-state index contributed by atoms with van der Waals surface area (Å²) < 4.78 is 5.54. The minimum atomic E-state index is 0.0545. The lowest BCUT2D eigenvalue weighted by atomic mass is 10.1. The third-order valence-corrected chi connectivity index (χ3v) is 2.73. The maximum Gasteiger partial charge on any atom is 0.317 e. The van der Waals surface area contributed by atoms with E-state index in [1.807, 2.05) is 11.8 Å². The van der Waals surface area contributed by atoms with E-state index in [0.29, 0.717) is 13.2 Å². The molecule has 0 aliphatic carbocycles. The minimum absolute atomic E-state index is 0.0545. The van der Waals surface area contributed by atoms with E-state index in [0.717, 1.165) is 19.4 Å². The van der Waals surface area contributed by atoms with Crippen LogP contribution in [0.25, 0.3) is 0 Å². The van der Waals surface area contributed by atoms with Crippen molar-refractivity contribution in [2.24, 2.45) is 0 Å². The van der Waals surface area contributed by atoms with E-state index in [1.54, 1.807) is 0 Å². The average molecular weight is 214 g/mol. The molecule has 1 N–H and O–H groups in total. The van der Waals surface area contributed by atoms with E-state index in [9.17, 15) is 4.79 Å². The smallest absolute Gasteiger partial charge is 0.317 e. The van der Waals surface area contributed by atoms with Crippen LogP contribution in [0.15, 0.2) is 0 Å². The number of amides is 2. The van der Waals surface area contributed by atoms with Crippen LogP contribution in [-0.2, 0) is 4.74 Å². The van der Waals surface area contributed by atoms with Gasteiger partial charge in [0, 0.05) is 13.1 Å². The molecule has 88 valence electrons. The Kier molecular flexibility index (Phi) is 4.88. The van der Waals surface area contributed by atoms with Crippen LogP contribution in [0.1, 0.15) is 33.6 Å². The van der Waals surface area contributed by atoms with Crippen molar-refractivity contribution in [1.29, 1.82) is 0 Å². The number of hydrogen-bond donors (Lipinski definition) is 1. The van der Waals surface area contributed by atoms with Gasteiger partial charge in [0.05, 0.1) is 18.8 Å². The minimum Gasteiger partial charge on any atom is -0.375 e. The van der Waals surface area contributed by atoms with Gasteiger partial charge in [-0.2, -0.15) is 0 Å². The molecule has 0 saturated carbocycles. The largest absolute Gasteiger partial charge is 0.375 e. The summed E-state index contributed by atoms with van der Waals surface area (Å²) in [6.45, 7) is 8.27. The van der Waals surface area contributed by atoms with Crippen LogP contribution in [0.4, 0.5) is 4.79 Å². The van der Waals surface area contributed by atoms with E-state index in [1.165, 1.54) is 0 Å². The number of carbonyl (C=O) groups excluding carboxylic acids is 1. The van der Waals surface area contributed by atoms with Crippen LogP contribution in [-0.4, -0.2) is 42.8 Å². The maximum atomic E-state index is 11.8. The van der Waals surface area contributed by atoms with Crippen molar-refractivity contribution >= 4 is 6.03 Å². The Morgan fingerprint density at radius 2 is 2.27 bits per heavy atom. The molecule has 2 atom stereocenters. The first-order valence-electron chi connectivity index (χ1n) is 5.85. The Balaban J connectivity index is 2.50. The first-order chi connectivity index (χ1) is 7.19. The van der Waals surface area contributed by atoms with Crippen LogP contribution in [0.3, 0.4) is 0 Å². The number of ether oxygens (including phenoxy) is 1. The molecule has 1 heterocycles. The SMILES string of the molecule is CCCNC(=O)N1CC(C)OCC1CC. The highest BCUT2D eigenvalue weighted by atomic mass is 16.5. The topological polar surface area (TPSA) is 41.6 Å². The third-order valence-electron chi connectivity index (χ3n) is 2.73. The van der Waals surface area contributed by atoms with Crippen molar-refractivity contribution in [1.82, 2.24) is 10.2 Å². The highest BCUT2D eigenvalue weighted by molar-refractivity contribution is 5.74.